The lowest BCUT2D eigenvalue weighted by atomic mass is 10.0. The number of ether oxygens (including phenoxy) is 2. The molecular formula is C17H20N2O2. The van der Waals surface area contributed by atoms with Crippen molar-refractivity contribution >= 4 is 0 Å². The molecule has 21 heavy (non-hydrogen) atoms. The van der Waals surface area contributed by atoms with Crippen LogP contribution >= 0.6 is 0 Å². The van der Waals surface area contributed by atoms with Crippen LogP contribution in [-0.4, -0.2) is 24.7 Å². The van der Waals surface area contributed by atoms with Crippen molar-refractivity contribution in [1.29, 1.82) is 0 Å². The van der Waals surface area contributed by atoms with Crippen molar-refractivity contribution in [1.82, 2.24) is 10.3 Å². The van der Waals surface area contributed by atoms with Gasteiger partial charge in [-0.15, -0.1) is 0 Å². The second-order valence-corrected chi connectivity index (χ2v) is 5.12. The van der Waals surface area contributed by atoms with Gasteiger partial charge in [0.2, 0.25) is 0 Å². The predicted molar refractivity (Wildman–Crippen MR) is 81.8 cm³/mol. The van der Waals surface area contributed by atoms with E-state index in [1.165, 1.54) is 5.56 Å². The summed E-state index contributed by atoms with van der Waals surface area (Å²) in [5, 5.41) is 3.25. The van der Waals surface area contributed by atoms with E-state index >= 15 is 0 Å². The first-order valence-electron chi connectivity index (χ1n) is 7.37. The number of para-hydroxylation sites is 1. The maximum atomic E-state index is 5.84. The quantitative estimate of drug-likeness (QED) is 0.886. The Morgan fingerprint density at radius 3 is 3.00 bits per heavy atom. The second kappa shape index (κ2) is 6.59. The standard InChI is InChI=1S/C17H20N2O2/c1-2-18-9-14-7-8-15(10-19-14)20-11-13-12-21-17-6-4-3-5-16(13)17/h3-8,10,13,18H,2,9,11-12H2,1H3. The third-order valence-electron chi connectivity index (χ3n) is 3.60. The van der Waals surface area contributed by atoms with Gasteiger partial charge in [0, 0.05) is 12.1 Å². The van der Waals surface area contributed by atoms with E-state index in [0.717, 1.165) is 30.3 Å². The summed E-state index contributed by atoms with van der Waals surface area (Å²) in [5.74, 6) is 2.08. The molecule has 0 saturated heterocycles. The van der Waals surface area contributed by atoms with Crippen molar-refractivity contribution in [3.63, 3.8) is 0 Å². The summed E-state index contributed by atoms with van der Waals surface area (Å²) in [5.41, 5.74) is 2.26. The Kier molecular flexibility index (Phi) is 4.36. The van der Waals surface area contributed by atoms with Crippen molar-refractivity contribution in [3.05, 3.63) is 53.9 Å². The maximum absolute atomic E-state index is 5.84. The molecule has 4 heteroatoms. The number of pyridine rings is 1. The van der Waals surface area contributed by atoms with Gasteiger partial charge in [-0.1, -0.05) is 25.1 Å². The number of aromatic nitrogens is 1. The Bertz CT molecular complexity index is 584. The Balaban J connectivity index is 1.56. The molecule has 0 saturated carbocycles. The van der Waals surface area contributed by atoms with Crippen molar-refractivity contribution in [2.45, 2.75) is 19.4 Å². The summed E-state index contributed by atoms with van der Waals surface area (Å²) < 4.78 is 11.5. The highest BCUT2D eigenvalue weighted by atomic mass is 16.5. The lowest BCUT2D eigenvalue weighted by Gasteiger charge is -2.11. The van der Waals surface area contributed by atoms with Crippen LogP contribution in [0.3, 0.4) is 0 Å². The summed E-state index contributed by atoms with van der Waals surface area (Å²) in [7, 11) is 0. The van der Waals surface area contributed by atoms with Gasteiger partial charge in [0.15, 0.2) is 0 Å². The summed E-state index contributed by atoms with van der Waals surface area (Å²) in [6.07, 6.45) is 1.79. The number of fused-ring (bicyclic) bond motifs is 1. The Morgan fingerprint density at radius 1 is 1.29 bits per heavy atom. The zero-order valence-corrected chi connectivity index (χ0v) is 12.2. The second-order valence-electron chi connectivity index (χ2n) is 5.12. The monoisotopic (exact) mass is 284 g/mol. The smallest absolute Gasteiger partial charge is 0.137 e. The van der Waals surface area contributed by atoms with Crippen LogP contribution < -0.4 is 14.8 Å². The molecule has 1 aromatic carbocycles. The zero-order chi connectivity index (χ0) is 14.5. The topological polar surface area (TPSA) is 43.4 Å². The average molecular weight is 284 g/mol. The molecule has 0 spiro atoms. The fourth-order valence-corrected chi connectivity index (χ4v) is 2.42. The molecule has 1 unspecified atom stereocenters. The van der Waals surface area contributed by atoms with E-state index in [1.807, 2.05) is 30.3 Å². The first-order chi connectivity index (χ1) is 10.4. The summed E-state index contributed by atoms with van der Waals surface area (Å²) in [6, 6.07) is 12.1. The van der Waals surface area contributed by atoms with Crippen LogP contribution in [0, 0.1) is 0 Å². The molecule has 0 amide bonds. The Morgan fingerprint density at radius 2 is 2.19 bits per heavy atom. The maximum Gasteiger partial charge on any atom is 0.137 e. The molecule has 0 radical (unpaired) electrons. The van der Waals surface area contributed by atoms with Gasteiger partial charge in [0.1, 0.15) is 11.5 Å². The van der Waals surface area contributed by atoms with Gasteiger partial charge in [0.25, 0.3) is 0 Å². The van der Waals surface area contributed by atoms with Gasteiger partial charge in [-0.3, -0.25) is 4.98 Å². The summed E-state index contributed by atoms with van der Waals surface area (Å²) in [6.45, 7) is 5.12. The van der Waals surface area contributed by atoms with Crippen LogP contribution in [0.1, 0.15) is 24.1 Å². The first-order valence-corrected chi connectivity index (χ1v) is 7.37. The average Bonchev–Trinajstić information content (AvgIpc) is 2.95. The summed E-state index contributed by atoms with van der Waals surface area (Å²) >= 11 is 0. The van der Waals surface area contributed by atoms with E-state index in [9.17, 15) is 0 Å². The highest BCUT2D eigenvalue weighted by Gasteiger charge is 2.24. The highest BCUT2D eigenvalue weighted by Crippen LogP contribution is 2.33. The van der Waals surface area contributed by atoms with Gasteiger partial charge < -0.3 is 14.8 Å². The Hall–Kier alpha value is -2.07. The number of nitrogens with one attached hydrogen (secondary N) is 1. The first kappa shape index (κ1) is 13.9. The molecular weight excluding hydrogens is 264 g/mol. The number of hydrogen-bond donors (Lipinski definition) is 1. The molecule has 0 aliphatic carbocycles. The van der Waals surface area contributed by atoms with E-state index in [0.29, 0.717) is 19.1 Å². The molecule has 1 aliphatic rings. The number of hydrogen-bond acceptors (Lipinski definition) is 4. The van der Waals surface area contributed by atoms with Crippen LogP contribution in [0.25, 0.3) is 0 Å². The number of benzene rings is 1. The summed E-state index contributed by atoms with van der Waals surface area (Å²) in [4.78, 5) is 4.39. The number of rotatable bonds is 6. The van der Waals surface area contributed by atoms with E-state index < -0.39 is 0 Å². The zero-order valence-electron chi connectivity index (χ0n) is 12.2. The molecule has 1 N–H and O–H groups in total. The normalized spacial score (nSPS) is 16.3. The fraction of sp³-hybridized carbons (Fsp3) is 0.353. The van der Waals surface area contributed by atoms with E-state index in [2.05, 4.69) is 23.3 Å². The predicted octanol–water partition coefficient (Wildman–Crippen LogP) is 2.75. The van der Waals surface area contributed by atoms with Crippen molar-refractivity contribution in [2.24, 2.45) is 0 Å². The minimum atomic E-state index is 0.294. The molecule has 3 rings (SSSR count). The molecule has 0 bridgehead atoms. The highest BCUT2D eigenvalue weighted by molar-refractivity contribution is 5.39. The molecule has 1 atom stereocenters. The number of nitrogens with zero attached hydrogens (tertiary/aromatic N) is 1. The fourth-order valence-electron chi connectivity index (χ4n) is 2.42. The molecule has 0 fully saturated rings. The van der Waals surface area contributed by atoms with Crippen LogP contribution in [0.5, 0.6) is 11.5 Å². The lowest BCUT2D eigenvalue weighted by Crippen LogP contribution is -2.13. The van der Waals surface area contributed by atoms with Crippen molar-refractivity contribution in [3.8, 4) is 11.5 Å². The van der Waals surface area contributed by atoms with Crippen LogP contribution in [0.2, 0.25) is 0 Å². The molecule has 1 aromatic heterocycles. The van der Waals surface area contributed by atoms with Crippen LogP contribution in [0.4, 0.5) is 0 Å². The molecule has 110 valence electrons. The van der Waals surface area contributed by atoms with Crippen LogP contribution in [0.15, 0.2) is 42.6 Å². The SMILES string of the molecule is CCNCc1ccc(OCC2COc3ccccc32)cn1. The van der Waals surface area contributed by atoms with Gasteiger partial charge in [-0.25, -0.2) is 0 Å². The van der Waals surface area contributed by atoms with Gasteiger partial charge >= 0.3 is 0 Å². The van der Waals surface area contributed by atoms with Gasteiger partial charge in [0.05, 0.1) is 31.0 Å². The molecule has 1 aliphatic heterocycles. The third kappa shape index (κ3) is 3.34. The van der Waals surface area contributed by atoms with Crippen molar-refractivity contribution in [2.75, 3.05) is 19.8 Å². The van der Waals surface area contributed by atoms with E-state index in [1.54, 1.807) is 6.20 Å². The third-order valence-corrected chi connectivity index (χ3v) is 3.60. The van der Waals surface area contributed by atoms with E-state index in [4.69, 9.17) is 9.47 Å². The van der Waals surface area contributed by atoms with Crippen LogP contribution in [-0.2, 0) is 6.54 Å². The van der Waals surface area contributed by atoms with Gasteiger partial charge in [-0.05, 0) is 24.7 Å². The molecule has 2 aromatic rings. The lowest BCUT2D eigenvalue weighted by molar-refractivity contribution is 0.247. The van der Waals surface area contributed by atoms with Gasteiger partial charge in [-0.2, -0.15) is 0 Å². The molecule has 2 heterocycles. The minimum absolute atomic E-state index is 0.294. The Labute approximate surface area is 125 Å². The molecule has 4 nitrogen and oxygen atoms in total. The van der Waals surface area contributed by atoms with E-state index in [-0.39, 0.29) is 0 Å². The largest absolute Gasteiger partial charge is 0.493 e. The van der Waals surface area contributed by atoms with Crippen molar-refractivity contribution < 1.29 is 9.47 Å². The minimum Gasteiger partial charge on any atom is -0.493 e.